The van der Waals surface area contributed by atoms with Gasteiger partial charge in [0.15, 0.2) is 10.2 Å². The van der Waals surface area contributed by atoms with E-state index < -0.39 is 0 Å². The van der Waals surface area contributed by atoms with Gasteiger partial charge in [-0.05, 0) is 31.9 Å². The van der Waals surface area contributed by atoms with Gasteiger partial charge < -0.3 is 9.42 Å². The third-order valence-electron chi connectivity index (χ3n) is 3.99. The van der Waals surface area contributed by atoms with Crippen molar-refractivity contribution in [2.24, 2.45) is 0 Å². The number of nitrogens with zero attached hydrogens (tertiary/aromatic N) is 4. The van der Waals surface area contributed by atoms with Crippen LogP contribution in [0.5, 0.6) is 0 Å². The Balaban J connectivity index is 1.43. The summed E-state index contributed by atoms with van der Waals surface area (Å²) in [4.78, 5) is 23.3. The summed E-state index contributed by atoms with van der Waals surface area (Å²) in [5.41, 5.74) is 0.984. The molecular formula is C16H16N4O2S2. The van der Waals surface area contributed by atoms with E-state index in [4.69, 9.17) is 4.52 Å². The second-order valence-electron chi connectivity index (χ2n) is 5.66. The maximum atomic E-state index is 12.6. The molecule has 0 saturated carbocycles. The summed E-state index contributed by atoms with van der Waals surface area (Å²) in [6.07, 6.45) is 1.84. The highest BCUT2D eigenvalue weighted by Crippen LogP contribution is 2.33. The average Bonchev–Trinajstić information content (AvgIpc) is 3.30. The van der Waals surface area contributed by atoms with E-state index >= 15 is 0 Å². The number of carbonyl (C=O) groups excluding carboxylic acids is 1. The summed E-state index contributed by atoms with van der Waals surface area (Å²) in [5.74, 6) is 1.62. The van der Waals surface area contributed by atoms with Crippen molar-refractivity contribution < 1.29 is 9.32 Å². The molecule has 3 aromatic rings. The molecule has 1 aliphatic heterocycles. The highest BCUT2D eigenvalue weighted by Gasteiger charge is 2.33. The minimum absolute atomic E-state index is 0.0883. The fourth-order valence-electron chi connectivity index (χ4n) is 2.89. The number of hydrogen-bond donors (Lipinski definition) is 0. The first kappa shape index (κ1) is 15.6. The number of likely N-dealkylation sites (tertiary alicyclic amines) is 1. The first-order valence-electron chi connectivity index (χ1n) is 7.79. The van der Waals surface area contributed by atoms with Crippen molar-refractivity contribution in [1.82, 2.24) is 20.0 Å². The van der Waals surface area contributed by atoms with Crippen LogP contribution in [0.3, 0.4) is 0 Å². The molecule has 0 aliphatic carbocycles. The number of thioether (sulfide) groups is 1. The molecule has 1 amide bonds. The van der Waals surface area contributed by atoms with Gasteiger partial charge in [0.2, 0.25) is 11.8 Å². The van der Waals surface area contributed by atoms with Crippen LogP contribution < -0.4 is 0 Å². The van der Waals surface area contributed by atoms with Crippen LogP contribution in [0.25, 0.3) is 10.2 Å². The van der Waals surface area contributed by atoms with E-state index in [2.05, 4.69) is 15.1 Å². The van der Waals surface area contributed by atoms with Gasteiger partial charge in [-0.1, -0.05) is 29.1 Å². The monoisotopic (exact) mass is 360 g/mol. The molecule has 24 heavy (non-hydrogen) atoms. The van der Waals surface area contributed by atoms with Crippen molar-refractivity contribution in [2.75, 3.05) is 12.3 Å². The Morgan fingerprint density at radius 1 is 1.42 bits per heavy atom. The molecule has 1 fully saturated rings. The number of hydrogen-bond acceptors (Lipinski definition) is 7. The number of rotatable bonds is 4. The molecule has 1 atom stereocenters. The summed E-state index contributed by atoms with van der Waals surface area (Å²) in [5, 5.41) is 3.84. The maximum absolute atomic E-state index is 12.6. The maximum Gasteiger partial charge on any atom is 0.249 e. The summed E-state index contributed by atoms with van der Waals surface area (Å²) >= 11 is 3.12. The molecule has 1 unspecified atom stereocenters. The second-order valence-corrected chi connectivity index (χ2v) is 7.91. The summed E-state index contributed by atoms with van der Waals surface area (Å²) < 4.78 is 7.33. The lowest BCUT2D eigenvalue weighted by Crippen LogP contribution is -2.32. The standard InChI is InChI=1S/C16H16N4O2S2/c1-10-17-15(22-19-10)12-6-4-8-20(12)14(21)9-23-16-18-11-5-2-3-7-13(11)24-16/h2-3,5,7,12H,4,6,8-9H2,1H3. The Kier molecular flexibility index (Phi) is 4.24. The first-order valence-corrected chi connectivity index (χ1v) is 9.59. The Hall–Kier alpha value is -1.93. The number of aryl methyl sites for hydroxylation is 1. The van der Waals surface area contributed by atoms with Gasteiger partial charge in [0.25, 0.3) is 0 Å². The van der Waals surface area contributed by atoms with Crippen molar-refractivity contribution in [3.8, 4) is 0 Å². The zero-order valence-corrected chi connectivity index (χ0v) is 14.8. The quantitative estimate of drug-likeness (QED) is 0.664. The van der Waals surface area contributed by atoms with E-state index in [1.165, 1.54) is 11.8 Å². The number of benzene rings is 1. The smallest absolute Gasteiger partial charge is 0.249 e. The van der Waals surface area contributed by atoms with Gasteiger partial charge in [0.1, 0.15) is 6.04 Å². The predicted octanol–water partition coefficient (Wildman–Crippen LogP) is 3.44. The third-order valence-corrected chi connectivity index (χ3v) is 6.16. The van der Waals surface area contributed by atoms with Gasteiger partial charge in [0.05, 0.1) is 16.0 Å². The molecular weight excluding hydrogens is 344 g/mol. The van der Waals surface area contributed by atoms with Crippen LogP contribution in [0.1, 0.15) is 30.6 Å². The van der Waals surface area contributed by atoms with Crippen LogP contribution in [0.2, 0.25) is 0 Å². The minimum Gasteiger partial charge on any atom is -0.337 e. The molecule has 0 bridgehead atoms. The molecule has 124 valence electrons. The number of aromatic nitrogens is 3. The average molecular weight is 360 g/mol. The molecule has 1 aromatic carbocycles. The first-order chi connectivity index (χ1) is 11.7. The number of fused-ring (bicyclic) bond motifs is 1. The van der Waals surface area contributed by atoms with Crippen LogP contribution in [0.4, 0.5) is 0 Å². The van der Waals surface area contributed by atoms with Crippen LogP contribution in [0, 0.1) is 6.92 Å². The minimum atomic E-state index is -0.0883. The molecule has 4 rings (SSSR count). The lowest BCUT2D eigenvalue weighted by Gasteiger charge is -2.21. The van der Waals surface area contributed by atoms with Gasteiger partial charge in [0, 0.05) is 6.54 Å². The highest BCUT2D eigenvalue weighted by atomic mass is 32.2. The number of thiazole rings is 1. The molecule has 1 saturated heterocycles. The van der Waals surface area contributed by atoms with Crippen LogP contribution in [-0.2, 0) is 4.79 Å². The van der Waals surface area contributed by atoms with Gasteiger partial charge in [-0.2, -0.15) is 4.98 Å². The summed E-state index contributed by atoms with van der Waals surface area (Å²) in [7, 11) is 0. The molecule has 0 radical (unpaired) electrons. The van der Waals surface area contributed by atoms with Gasteiger partial charge in [-0.15, -0.1) is 11.3 Å². The third kappa shape index (κ3) is 3.03. The van der Waals surface area contributed by atoms with E-state index in [0.29, 0.717) is 17.5 Å². The van der Waals surface area contributed by atoms with Gasteiger partial charge in [-0.25, -0.2) is 4.98 Å². The molecule has 8 heteroatoms. The molecule has 0 spiro atoms. The normalized spacial score (nSPS) is 17.7. The van der Waals surface area contributed by atoms with Crippen molar-refractivity contribution in [2.45, 2.75) is 30.1 Å². The summed E-state index contributed by atoms with van der Waals surface area (Å²) in [6.45, 7) is 2.53. The number of carbonyl (C=O) groups is 1. The molecule has 3 heterocycles. The zero-order valence-electron chi connectivity index (χ0n) is 13.1. The predicted molar refractivity (Wildman–Crippen MR) is 93.1 cm³/mol. The van der Waals surface area contributed by atoms with E-state index in [1.54, 1.807) is 18.3 Å². The van der Waals surface area contributed by atoms with Gasteiger partial charge in [-0.3, -0.25) is 4.79 Å². The van der Waals surface area contributed by atoms with Crippen LogP contribution in [0.15, 0.2) is 33.1 Å². The Morgan fingerprint density at radius 2 is 2.29 bits per heavy atom. The highest BCUT2D eigenvalue weighted by molar-refractivity contribution is 8.01. The van der Waals surface area contributed by atoms with E-state index in [9.17, 15) is 4.79 Å². The van der Waals surface area contributed by atoms with E-state index in [-0.39, 0.29) is 11.9 Å². The SMILES string of the molecule is Cc1noc(C2CCCN2C(=O)CSc2nc3ccccc3s2)n1. The van der Waals surface area contributed by atoms with Gasteiger partial charge >= 0.3 is 0 Å². The topological polar surface area (TPSA) is 72.1 Å². The Morgan fingerprint density at radius 3 is 3.08 bits per heavy atom. The van der Waals surface area contributed by atoms with Crippen LogP contribution in [-0.4, -0.2) is 38.2 Å². The van der Waals surface area contributed by atoms with E-state index in [1.807, 2.05) is 29.2 Å². The molecule has 0 N–H and O–H groups in total. The Labute approximate surface area is 147 Å². The van der Waals surface area contributed by atoms with Crippen LogP contribution >= 0.6 is 23.1 Å². The van der Waals surface area contributed by atoms with E-state index in [0.717, 1.165) is 33.9 Å². The number of para-hydroxylation sites is 1. The molecule has 6 nitrogen and oxygen atoms in total. The van der Waals surface area contributed by atoms with Crippen molar-refractivity contribution in [3.05, 3.63) is 36.0 Å². The van der Waals surface area contributed by atoms with Crippen molar-refractivity contribution >= 4 is 39.2 Å². The second kappa shape index (κ2) is 6.52. The van der Waals surface area contributed by atoms with Crippen molar-refractivity contribution in [3.63, 3.8) is 0 Å². The lowest BCUT2D eigenvalue weighted by atomic mass is 10.2. The zero-order chi connectivity index (χ0) is 16.5. The fourth-order valence-corrected chi connectivity index (χ4v) is 4.84. The Bertz CT molecular complexity index is 843. The fraction of sp³-hybridized carbons (Fsp3) is 0.375. The largest absolute Gasteiger partial charge is 0.337 e. The number of amides is 1. The molecule has 1 aliphatic rings. The molecule has 2 aromatic heterocycles. The lowest BCUT2D eigenvalue weighted by molar-refractivity contribution is -0.129. The van der Waals surface area contributed by atoms with Crippen molar-refractivity contribution in [1.29, 1.82) is 0 Å². The summed E-state index contributed by atoms with van der Waals surface area (Å²) in [6, 6.07) is 7.93.